The van der Waals surface area contributed by atoms with E-state index in [4.69, 9.17) is 0 Å². The first-order valence-electron chi connectivity index (χ1n) is 4.58. The summed E-state index contributed by atoms with van der Waals surface area (Å²) in [6, 6.07) is 0.683. The number of rotatable bonds is 1. The van der Waals surface area contributed by atoms with Gasteiger partial charge in [-0.3, -0.25) is 15.2 Å². The molecule has 0 aromatic heterocycles. The molecule has 0 aromatic rings. The molecule has 2 rings (SSSR count). The van der Waals surface area contributed by atoms with Gasteiger partial charge in [-0.05, 0) is 0 Å². The summed E-state index contributed by atoms with van der Waals surface area (Å²) in [6.07, 6.45) is 2.56. The zero-order chi connectivity index (χ0) is 8.39. The van der Waals surface area contributed by atoms with Gasteiger partial charge in [0.05, 0.1) is 25.7 Å². The van der Waals surface area contributed by atoms with Crippen molar-refractivity contribution in [1.82, 2.24) is 10.6 Å². The average molecular weight is 280 g/mol. The van der Waals surface area contributed by atoms with Crippen molar-refractivity contribution in [3.63, 3.8) is 0 Å². The Kier molecular flexibility index (Phi) is 2.73. The highest BCUT2D eigenvalue weighted by atomic mass is 127. The van der Waals surface area contributed by atoms with Crippen molar-refractivity contribution in [2.45, 2.75) is 18.9 Å². The van der Waals surface area contributed by atoms with Gasteiger partial charge in [0.25, 0.3) is 0 Å². The van der Waals surface area contributed by atoms with E-state index in [-0.39, 0.29) is 0 Å². The van der Waals surface area contributed by atoms with E-state index in [2.05, 4.69) is 37.8 Å². The summed E-state index contributed by atoms with van der Waals surface area (Å²) in [5, 5.41) is 6.94. The normalized spacial score (nSPS) is 28.9. The van der Waals surface area contributed by atoms with Crippen LogP contribution in [0.2, 0.25) is 0 Å². The summed E-state index contributed by atoms with van der Waals surface area (Å²) in [6.45, 7) is 3.58. The molecule has 0 bridgehead atoms. The van der Waals surface area contributed by atoms with Crippen LogP contribution in [-0.2, 0) is 0 Å². The monoisotopic (exact) mass is 280 g/mol. The van der Waals surface area contributed by atoms with E-state index in [1.807, 2.05) is 0 Å². The lowest BCUT2D eigenvalue weighted by molar-refractivity contribution is -0.541. The Hall–Kier alpha value is 0. The van der Waals surface area contributed by atoms with Crippen LogP contribution < -0.4 is 10.6 Å². The van der Waals surface area contributed by atoms with E-state index in [1.165, 1.54) is 36.3 Å². The van der Waals surface area contributed by atoms with Gasteiger partial charge in [0, 0.05) is 17.3 Å². The maximum atomic E-state index is 3.53. The third kappa shape index (κ3) is 1.67. The molecule has 68 valence electrons. The number of hydrogen-bond donors (Lipinski definition) is 2. The summed E-state index contributed by atoms with van der Waals surface area (Å²) in [5.41, 5.74) is 0. The van der Waals surface area contributed by atoms with E-state index in [1.54, 1.807) is 0 Å². The van der Waals surface area contributed by atoms with Crippen LogP contribution in [0.4, 0.5) is 0 Å². The lowest BCUT2D eigenvalue weighted by atomic mass is 10.2. The van der Waals surface area contributed by atoms with Gasteiger partial charge in [-0.2, -0.15) is 0 Å². The zero-order valence-corrected chi connectivity index (χ0v) is 9.30. The largest absolute Gasteiger partial charge is 0.346 e. The molecule has 0 amide bonds. The Labute approximate surface area is 86.7 Å². The molecular weight excluding hydrogens is 265 g/mol. The molecule has 0 unspecified atom stereocenters. The fourth-order valence-corrected chi connectivity index (χ4v) is 2.42. The molecule has 0 saturated carbocycles. The van der Waals surface area contributed by atoms with Crippen LogP contribution in [0.3, 0.4) is 0 Å². The third-order valence-corrected chi connectivity index (χ3v) is 3.55. The standard InChI is InChI=1S/C8H14IN3/c9-6-7-2-5-12-4-1-3-10-8(12)11-7/h7H,1-6H2,(H,10,11)/p+1/t7-/m0/s1. The van der Waals surface area contributed by atoms with Crippen molar-refractivity contribution in [1.29, 1.82) is 0 Å². The summed E-state index contributed by atoms with van der Waals surface area (Å²) >= 11 is 2.45. The smallest absolute Gasteiger partial charge is 0.278 e. The van der Waals surface area contributed by atoms with E-state index >= 15 is 0 Å². The molecule has 12 heavy (non-hydrogen) atoms. The molecule has 0 spiro atoms. The van der Waals surface area contributed by atoms with Gasteiger partial charge in [0.2, 0.25) is 0 Å². The van der Waals surface area contributed by atoms with Crippen LogP contribution in [0.25, 0.3) is 0 Å². The van der Waals surface area contributed by atoms with Crippen LogP contribution in [-0.4, -0.2) is 40.6 Å². The molecule has 0 saturated heterocycles. The van der Waals surface area contributed by atoms with Gasteiger partial charge in [-0.25, -0.2) is 0 Å². The molecule has 1 atom stereocenters. The fraction of sp³-hybridized carbons (Fsp3) is 0.875. The Bertz CT molecular complexity index is 202. The van der Waals surface area contributed by atoms with Crippen LogP contribution in [0, 0.1) is 0 Å². The second-order valence-electron chi connectivity index (χ2n) is 3.40. The summed E-state index contributed by atoms with van der Waals surface area (Å²) in [7, 11) is 0. The van der Waals surface area contributed by atoms with Crippen molar-refractivity contribution in [2.24, 2.45) is 0 Å². The van der Waals surface area contributed by atoms with Crippen molar-refractivity contribution < 1.29 is 4.58 Å². The predicted molar refractivity (Wildman–Crippen MR) is 58.0 cm³/mol. The Morgan fingerprint density at radius 3 is 3.25 bits per heavy atom. The Morgan fingerprint density at radius 2 is 2.42 bits per heavy atom. The molecule has 4 heteroatoms. The van der Waals surface area contributed by atoms with Crippen molar-refractivity contribution in [2.75, 3.05) is 24.1 Å². The molecule has 3 nitrogen and oxygen atoms in total. The highest BCUT2D eigenvalue weighted by molar-refractivity contribution is 14.1. The minimum atomic E-state index is 0.683. The van der Waals surface area contributed by atoms with Gasteiger partial charge in [0.1, 0.15) is 0 Å². The number of nitrogens with zero attached hydrogens (tertiary/aromatic N) is 1. The predicted octanol–water partition coefficient (Wildman–Crippen LogP) is 0.145. The maximum absolute atomic E-state index is 3.53. The lowest BCUT2D eigenvalue weighted by Gasteiger charge is -2.26. The minimum Gasteiger partial charge on any atom is -0.278 e. The molecule has 2 aliphatic heterocycles. The van der Waals surface area contributed by atoms with E-state index in [0.717, 1.165) is 6.54 Å². The molecule has 0 aliphatic carbocycles. The van der Waals surface area contributed by atoms with Gasteiger partial charge < -0.3 is 0 Å². The van der Waals surface area contributed by atoms with E-state index < -0.39 is 0 Å². The highest BCUT2D eigenvalue weighted by Gasteiger charge is 2.26. The molecular formula is C8H15IN3+. The highest BCUT2D eigenvalue weighted by Crippen LogP contribution is 2.05. The quantitative estimate of drug-likeness (QED) is 0.406. The SMILES string of the molecule is IC[C@@H]1CC[N+]2=C(NCCC2)N1. The van der Waals surface area contributed by atoms with Crippen LogP contribution in [0.1, 0.15) is 12.8 Å². The Balaban J connectivity index is 2.05. The van der Waals surface area contributed by atoms with Crippen LogP contribution in [0.5, 0.6) is 0 Å². The molecule has 0 aromatic carbocycles. The summed E-state index contributed by atoms with van der Waals surface area (Å²) in [4.78, 5) is 0. The second kappa shape index (κ2) is 3.81. The lowest BCUT2D eigenvalue weighted by Crippen LogP contribution is -2.57. The maximum Gasteiger partial charge on any atom is 0.346 e. The van der Waals surface area contributed by atoms with Crippen molar-refractivity contribution in [3.05, 3.63) is 0 Å². The summed E-state index contributed by atoms with van der Waals surface area (Å²) < 4.78 is 3.63. The minimum absolute atomic E-state index is 0.683. The van der Waals surface area contributed by atoms with E-state index in [9.17, 15) is 0 Å². The first kappa shape index (κ1) is 8.59. The van der Waals surface area contributed by atoms with Gasteiger partial charge >= 0.3 is 5.96 Å². The van der Waals surface area contributed by atoms with Crippen LogP contribution >= 0.6 is 22.6 Å². The number of hydrogen-bond acceptors (Lipinski definition) is 2. The van der Waals surface area contributed by atoms with Crippen LogP contribution in [0.15, 0.2) is 0 Å². The summed E-state index contributed by atoms with van der Waals surface area (Å²) in [5.74, 6) is 1.27. The topological polar surface area (TPSA) is 27.1 Å². The third-order valence-electron chi connectivity index (χ3n) is 2.49. The number of nitrogens with one attached hydrogen (secondary N) is 2. The average Bonchev–Trinajstić information content (AvgIpc) is 2.17. The number of alkyl halides is 1. The number of halogens is 1. The first-order chi connectivity index (χ1) is 5.90. The molecule has 0 radical (unpaired) electrons. The molecule has 2 N–H and O–H groups in total. The second-order valence-corrected chi connectivity index (χ2v) is 4.28. The van der Waals surface area contributed by atoms with Gasteiger partial charge in [0.15, 0.2) is 0 Å². The van der Waals surface area contributed by atoms with Gasteiger partial charge in [-0.1, -0.05) is 22.6 Å². The Morgan fingerprint density at radius 1 is 1.50 bits per heavy atom. The van der Waals surface area contributed by atoms with Gasteiger partial charge in [-0.15, -0.1) is 0 Å². The number of guanidine groups is 1. The van der Waals surface area contributed by atoms with E-state index in [0.29, 0.717) is 6.04 Å². The molecule has 0 fully saturated rings. The zero-order valence-electron chi connectivity index (χ0n) is 7.15. The first-order valence-corrected chi connectivity index (χ1v) is 6.11. The molecule has 2 heterocycles. The molecule has 2 aliphatic rings. The fourth-order valence-electron chi connectivity index (χ4n) is 1.76. The van der Waals surface area contributed by atoms with Crippen molar-refractivity contribution in [3.8, 4) is 0 Å². The van der Waals surface area contributed by atoms with Crippen molar-refractivity contribution >= 4 is 28.6 Å².